The van der Waals surface area contributed by atoms with Crippen molar-refractivity contribution in [1.29, 1.82) is 0 Å². The summed E-state index contributed by atoms with van der Waals surface area (Å²) >= 11 is 0. The molecule has 0 fully saturated rings. The number of hydrogen-bond acceptors (Lipinski definition) is 5. The van der Waals surface area contributed by atoms with Crippen LogP contribution >= 0.6 is 0 Å². The molecule has 1 N–H and O–H groups in total. The minimum atomic E-state index is -4.12. The Morgan fingerprint density at radius 1 is 0.902 bits per heavy atom. The molecule has 3 aromatic carbocycles. The summed E-state index contributed by atoms with van der Waals surface area (Å²) in [4.78, 5) is 28.8. The lowest BCUT2D eigenvalue weighted by Crippen LogP contribution is -2.52. The van der Waals surface area contributed by atoms with Gasteiger partial charge in [-0.05, 0) is 94.1 Å². The Balaban J connectivity index is 2.07. The first-order valence-corrected chi connectivity index (χ1v) is 15.2. The number of carbonyl (C=O) groups is 2. The molecular weight excluding hydrogens is 538 g/mol. The van der Waals surface area contributed by atoms with Crippen LogP contribution < -0.4 is 14.4 Å². The van der Waals surface area contributed by atoms with E-state index in [2.05, 4.69) is 5.32 Å². The number of rotatable bonds is 12. The number of methoxy groups -OCH3 is 1. The van der Waals surface area contributed by atoms with Gasteiger partial charge in [0, 0.05) is 12.6 Å². The van der Waals surface area contributed by atoms with Crippen LogP contribution in [0.5, 0.6) is 5.75 Å². The SMILES string of the molecule is CC[C@H](C)NC(=O)[C@@H](C)N(Cc1cccc(OC)c1)C(=O)CN(c1cc(C)cc(C)c1)S(=O)(=O)c1ccc(C)cc1. The maximum atomic E-state index is 14.1. The third kappa shape index (κ3) is 8.10. The van der Waals surface area contributed by atoms with Crippen LogP contribution in [0.15, 0.2) is 71.6 Å². The molecule has 0 saturated heterocycles. The average Bonchev–Trinajstić information content (AvgIpc) is 2.93. The van der Waals surface area contributed by atoms with Gasteiger partial charge in [0.15, 0.2) is 0 Å². The zero-order valence-corrected chi connectivity index (χ0v) is 25.8. The highest BCUT2D eigenvalue weighted by Gasteiger charge is 2.33. The summed E-state index contributed by atoms with van der Waals surface area (Å²) in [6.07, 6.45) is 0.734. The number of amides is 2. The number of nitrogens with zero attached hydrogens (tertiary/aromatic N) is 2. The van der Waals surface area contributed by atoms with E-state index in [9.17, 15) is 18.0 Å². The minimum Gasteiger partial charge on any atom is -0.497 e. The van der Waals surface area contributed by atoms with E-state index in [0.717, 1.165) is 33.0 Å². The van der Waals surface area contributed by atoms with E-state index in [-0.39, 0.29) is 23.4 Å². The van der Waals surface area contributed by atoms with Crippen molar-refractivity contribution in [1.82, 2.24) is 10.2 Å². The van der Waals surface area contributed by atoms with Crippen molar-refractivity contribution in [3.8, 4) is 5.75 Å². The molecule has 0 aliphatic heterocycles. The molecule has 0 saturated carbocycles. The highest BCUT2D eigenvalue weighted by atomic mass is 32.2. The van der Waals surface area contributed by atoms with Crippen LogP contribution in [-0.4, -0.2) is 50.9 Å². The van der Waals surface area contributed by atoms with Crippen LogP contribution in [0, 0.1) is 20.8 Å². The average molecular weight is 580 g/mol. The summed E-state index contributed by atoms with van der Waals surface area (Å²) in [5, 5.41) is 2.94. The molecule has 0 aromatic heterocycles. The molecule has 3 rings (SSSR count). The van der Waals surface area contributed by atoms with Gasteiger partial charge in [-0.2, -0.15) is 0 Å². The summed E-state index contributed by atoms with van der Waals surface area (Å²) in [6, 6.07) is 18.3. The van der Waals surface area contributed by atoms with Gasteiger partial charge in [-0.15, -0.1) is 0 Å². The van der Waals surface area contributed by atoms with Gasteiger partial charge in [0.25, 0.3) is 10.0 Å². The van der Waals surface area contributed by atoms with Crippen LogP contribution in [0.3, 0.4) is 0 Å². The van der Waals surface area contributed by atoms with Crippen molar-refractivity contribution in [3.63, 3.8) is 0 Å². The van der Waals surface area contributed by atoms with Crippen LogP contribution in [0.1, 0.15) is 49.4 Å². The van der Waals surface area contributed by atoms with Gasteiger partial charge >= 0.3 is 0 Å². The van der Waals surface area contributed by atoms with E-state index in [4.69, 9.17) is 4.74 Å². The highest BCUT2D eigenvalue weighted by molar-refractivity contribution is 7.92. The van der Waals surface area contributed by atoms with E-state index in [1.165, 1.54) is 4.90 Å². The maximum Gasteiger partial charge on any atom is 0.264 e. The smallest absolute Gasteiger partial charge is 0.264 e. The van der Waals surface area contributed by atoms with Crippen molar-refractivity contribution >= 4 is 27.5 Å². The molecule has 0 heterocycles. The molecule has 0 bridgehead atoms. The van der Waals surface area contributed by atoms with Gasteiger partial charge in [-0.25, -0.2) is 8.42 Å². The standard InChI is InChI=1S/C32H41N3O5S/c1-8-25(5)33-32(37)26(6)34(20-27-10-9-11-29(19-27)40-7)31(36)21-35(28-17-23(3)16-24(4)18-28)41(38,39)30-14-12-22(2)13-15-30/h9-19,25-26H,8,20-21H2,1-7H3,(H,33,37)/t25-,26+/m0/s1. The van der Waals surface area contributed by atoms with E-state index >= 15 is 0 Å². The molecular formula is C32H41N3O5S. The number of ether oxygens (including phenoxy) is 1. The molecule has 3 aromatic rings. The van der Waals surface area contributed by atoms with Gasteiger partial charge in [-0.3, -0.25) is 13.9 Å². The molecule has 220 valence electrons. The first kappa shape index (κ1) is 31.7. The lowest BCUT2D eigenvalue weighted by molar-refractivity contribution is -0.139. The number of sulfonamides is 1. The maximum absolute atomic E-state index is 14.1. The summed E-state index contributed by atoms with van der Waals surface area (Å²) in [5.41, 5.74) is 3.79. The molecule has 0 aliphatic rings. The van der Waals surface area contributed by atoms with Crippen molar-refractivity contribution in [2.24, 2.45) is 0 Å². The van der Waals surface area contributed by atoms with Crippen molar-refractivity contribution in [3.05, 3.63) is 89.0 Å². The molecule has 0 unspecified atom stereocenters. The van der Waals surface area contributed by atoms with Gasteiger partial charge in [-0.1, -0.05) is 42.8 Å². The van der Waals surface area contributed by atoms with Crippen LogP contribution in [-0.2, 0) is 26.2 Å². The van der Waals surface area contributed by atoms with E-state index < -0.39 is 28.5 Å². The van der Waals surface area contributed by atoms with Gasteiger partial charge in [0.2, 0.25) is 11.8 Å². The normalized spacial score (nSPS) is 12.8. The number of hydrogen-bond donors (Lipinski definition) is 1. The minimum absolute atomic E-state index is 0.0765. The topological polar surface area (TPSA) is 96.0 Å². The van der Waals surface area contributed by atoms with Crippen LogP contribution in [0.4, 0.5) is 5.69 Å². The molecule has 0 spiro atoms. The summed E-state index contributed by atoms with van der Waals surface area (Å²) in [5.74, 6) is -0.199. The second-order valence-corrected chi connectivity index (χ2v) is 12.4. The Morgan fingerprint density at radius 2 is 1.54 bits per heavy atom. The van der Waals surface area contributed by atoms with E-state index in [1.807, 2.05) is 52.8 Å². The zero-order chi connectivity index (χ0) is 30.3. The van der Waals surface area contributed by atoms with Crippen molar-refractivity contribution in [2.75, 3.05) is 18.0 Å². The predicted molar refractivity (Wildman–Crippen MR) is 163 cm³/mol. The lowest BCUT2D eigenvalue weighted by atomic mass is 10.1. The fourth-order valence-corrected chi connectivity index (χ4v) is 5.87. The first-order valence-electron chi connectivity index (χ1n) is 13.8. The monoisotopic (exact) mass is 579 g/mol. The molecule has 9 heteroatoms. The molecule has 2 amide bonds. The fraction of sp³-hybridized carbons (Fsp3) is 0.375. The second kappa shape index (κ2) is 13.7. The van der Waals surface area contributed by atoms with Gasteiger partial charge < -0.3 is 15.0 Å². The summed E-state index contributed by atoms with van der Waals surface area (Å²) in [7, 11) is -2.56. The zero-order valence-electron chi connectivity index (χ0n) is 25.0. The Hall–Kier alpha value is -3.85. The third-order valence-electron chi connectivity index (χ3n) is 7.04. The predicted octanol–water partition coefficient (Wildman–Crippen LogP) is 5.15. The quantitative estimate of drug-likeness (QED) is 0.320. The Bertz CT molecular complexity index is 1450. The largest absolute Gasteiger partial charge is 0.497 e. The second-order valence-electron chi connectivity index (χ2n) is 10.5. The molecule has 2 atom stereocenters. The Kier molecular flexibility index (Phi) is 10.6. The number of carbonyl (C=O) groups excluding carboxylic acids is 2. The molecule has 8 nitrogen and oxygen atoms in total. The first-order chi connectivity index (χ1) is 19.3. The Labute approximate surface area is 244 Å². The number of benzene rings is 3. The third-order valence-corrected chi connectivity index (χ3v) is 8.83. The van der Waals surface area contributed by atoms with Gasteiger partial charge in [0.1, 0.15) is 18.3 Å². The Morgan fingerprint density at radius 3 is 2.12 bits per heavy atom. The molecule has 41 heavy (non-hydrogen) atoms. The van der Waals surface area contributed by atoms with E-state index in [0.29, 0.717) is 11.4 Å². The van der Waals surface area contributed by atoms with Gasteiger partial charge in [0.05, 0.1) is 17.7 Å². The van der Waals surface area contributed by atoms with Crippen molar-refractivity contribution < 1.29 is 22.7 Å². The van der Waals surface area contributed by atoms with E-state index in [1.54, 1.807) is 62.6 Å². The highest BCUT2D eigenvalue weighted by Crippen LogP contribution is 2.27. The van der Waals surface area contributed by atoms with Crippen LogP contribution in [0.2, 0.25) is 0 Å². The van der Waals surface area contributed by atoms with Crippen molar-refractivity contribution in [2.45, 2.75) is 71.5 Å². The summed E-state index contributed by atoms with van der Waals surface area (Å²) < 4.78 is 34.5. The number of aryl methyl sites for hydroxylation is 3. The van der Waals surface area contributed by atoms with Crippen LogP contribution in [0.25, 0.3) is 0 Å². The lowest BCUT2D eigenvalue weighted by Gasteiger charge is -2.32. The molecule has 0 radical (unpaired) electrons. The molecule has 0 aliphatic carbocycles. The number of nitrogens with one attached hydrogen (secondary N) is 1. The number of anilines is 1. The summed E-state index contributed by atoms with van der Waals surface area (Å²) in [6.45, 7) is 10.8. The fourth-order valence-electron chi connectivity index (χ4n) is 4.48.